The first-order chi connectivity index (χ1) is 10.4. The third-order valence-corrected chi connectivity index (χ3v) is 9.65. The van der Waals surface area contributed by atoms with Gasteiger partial charge in [0.2, 0.25) is 5.69 Å². The van der Waals surface area contributed by atoms with E-state index in [0.717, 1.165) is 25.7 Å². The highest BCUT2D eigenvalue weighted by molar-refractivity contribution is 8.68. The molecule has 1 aliphatic heterocycles. The molecule has 0 N–H and O–H groups in total. The van der Waals surface area contributed by atoms with Gasteiger partial charge in [-0.1, -0.05) is 45.5 Å². The molecule has 4 nitrogen and oxygen atoms in total. The predicted molar refractivity (Wildman–Crippen MR) is 96.7 cm³/mol. The van der Waals surface area contributed by atoms with Crippen molar-refractivity contribution >= 4 is 34.9 Å². The van der Waals surface area contributed by atoms with E-state index in [-0.39, 0.29) is 16.6 Å². The van der Waals surface area contributed by atoms with E-state index in [1.165, 1.54) is 11.4 Å². The van der Waals surface area contributed by atoms with E-state index in [2.05, 4.69) is 20.8 Å². The SMILES string of the molecule is CCCCOC(=O)CC(C)SP1(=S)OCC(CC)(CC)CO1. The molecule has 0 radical (unpaired) electrons. The molecule has 1 atom stereocenters. The molecule has 0 aromatic heterocycles. The molecule has 0 amide bonds. The third kappa shape index (κ3) is 6.48. The average Bonchev–Trinajstić information content (AvgIpc) is 2.48. The van der Waals surface area contributed by atoms with E-state index in [1.54, 1.807) is 0 Å². The summed E-state index contributed by atoms with van der Waals surface area (Å²) in [5.74, 6) is -0.163. The topological polar surface area (TPSA) is 44.8 Å². The maximum absolute atomic E-state index is 11.7. The van der Waals surface area contributed by atoms with Gasteiger partial charge in [-0.05, 0) is 31.1 Å². The Morgan fingerprint density at radius 2 is 1.91 bits per heavy atom. The summed E-state index contributed by atoms with van der Waals surface area (Å²) in [5, 5.41) is 0.0516. The van der Waals surface area contributed by atoms with Crippen LogP contribution in [0.1, 0.15) is 59.8 Å². The summed E-state index contributed by atoms with van der Waals surface area (Å²) >= 11 is 7.06. The molecule has 0 aromatic carbocycles. The molecule has 0 bridgehead atoms. The minimum absolute atomic E-state index is 0.0516. The van der Waals surface area contributed by atoms with Crippen LogP contribution in [0.25, 0.3) is 0 Å². The quantitative estimate of drug-likeness (QED) is 0.327. The molecule has 0 aliphatic carbocycles. The van der Waals surface area contributed by atoms with E-state index in [4.69, 9.17) is 25.6 Å². The van der Waals surface area contributed by atoms with Gasteiger partial charge in [-0.25, -0.2) is 0 Å². The van der Waals surface area contributed by atoms with Crippen molar-refractivity contribution in [3.05, 3.63) is 0 Å². The number of carbonyl (C=O) groups is 1. The molecule has 0 saturated carbocycles. The van der Waals surface area contributed by atoms with Gasteiger partial charge in [-0.15, -0.1) is 0 Å². The number of hydrogen-bond acceptors (Lipinski definition) is 6. The van der Waals surface area contributed by atoms with E-state index < -0.39 is 5.69 Å². The van der Waals surface area contributed by atoms with Crippen LogP contribution in [-0.4, -0.2) is 31.0 Å². The van der Waals surface area contributed by atoms with Crippen molar-refractivity contribution in [1.29, 1.82) is 0 Å². The maximum Gasteiger partial charge on any atom is 0.306 e. The maximum atomic E-state index is 11.7. The molecular formula is C15H29O4PS2. The second kappa shape index (κ2) is 9.63. The summed E-state index contributed by atoms with van der Waals surface area (Å²) in [5.41, 5.74) is -2.22. The van der Waals surface area contributed by atoms with Gasteiger partial charge in [0.15, 0.2) is 0 Å². The van der Waals surface area contributed by atoms with Crippen LogP contribution in [-0.2, 0) is 30.4 Å². The number of ether oxygens (including phenoxy) is 1. The Balaban J connectivity index is 2.40. The fraction of sp³-hybridized carbons (Fsp3) is 0.933. The van der Waals surface area contributed by atoms with Crippen LogP contribution < -0.4 is 0 Å². The number of carbonyl (C=O) groups excluding carboxylic acids is 1. The first kappa shape index (κ1) is 20.4. The Kier molecular flexibility index (Phi) is 8.94. The van der Waals surface area contributed by atoms with Gasteiger partial charge in [0.25, 0.3) is 0 Å². The van der Waals surface area contributed by atoms with Gasteiger partial charge in [0.05, 0.1) is 26.2 Å². The predicted octanol–water partition coefficient (Wildman–Crippen LogP) is 4.92. The lowest BCUT2D eigenvalue weighted by atomic mass is 9.84. The summed E-state index contributed by atoms with van der Waals surface area (Å²) < 4.78 is 17.0. The zero-order valence-electron chi connectivity index (χ0n) is 14.1. The summed E-state index contributed by atoms with van der Waals surface area (Å²) in [6.45, 7) is 10.2. The molecule has 1 fully saturated rings. The van der Waals surface area contributed by atoms with Crippen LogP contribution in [0.2, 0.25) is 0 Å². The molecule has 0 aromatic rings. The van der Waals surface area contributed by atoms with Crippen LogP contribution in [0, 0.1) is 5.41 Å². The standard InChI is InChI=1S/C15H29O4PS2/c1-5-8-9-17-14(16)10-13(4)22-20(21)18-11-15(6-2,7-3)12-19-20/h13H,5-12H2,1-4H3. The van der Waals surface area contributed by atoms with Crippen LogP contribution >= 0.6 is 17.1 Å². The van der Waals surface area contributed by atoms with Gasteiger partial charge in [-0.2, -0.15) is 0 Å². The highest BCUT2D eigenvalue weighted by Crippen LogP contribution is 2.66. The molecule has 7 heteroatoms. The molecule has 1 aliphatic rings. The normalized spacial score (nSPS) is 21.3. The highest BCUT2D eigenvalue weighted by Gasteiger charge is 2.38. The minimum Gasteiger partial charge on any atom is -0.466 e. The number of hydrogen-bond donors (Lipinski definition) is 0. The Morgan fingerprint density at radius 1 is 1.32 bits per heavy atom. The number of esters is 1. The summed E-state index contributed by atoms with van der Waals surface area (Å²) in [6.07, 6.45) is 4.35. The number of rotatable bonds is 9. The van der Waals surface area contributed by atoms with E-state index in [0.29, 0.717) is 26.2 Å². The Morgan fingerprint density at radius 3 is 2.41 bits per heavy atom. The zero-order chi connectivity index (χ0) is 16.6. The van der Waals surface area contributed by atoms with Crippen LogP contribution in [0.3, 0.4) is 0 Å². The lowest BCUT2D eigenvalue weighted by Gasteiger charge is -2.40. The smallest absolute Gasteiger partial charge is 0.306 e. The van der Waals surface area contributed by atoms with E-state index >= 15 is 0 Å². The average molecular weight is 369 g/mol. The summed E-state index contributed by atoms with van der Waals surface area (Å²) in [6, 6.07) is 0. The van der Waals surface area contributed by atoms with Crippen molar-refractivity contribution in [2.75, 3.05) is 19.8 Å². The number of unbranched alkanes of at least 4 members (excludes halogenated alkanes) is 1. The molecule has 1 heterocycles. The van der Waals surface area contributed by atoms with Gasteiger partial charge in [0, 0.05) is 10.7 Å². The summed E-state index contributed by atoms with van der Waals surface area (Å²) in [7, 11) is 0. The lowest BCUT2D eigenvalue weighted by Crippen LogP contribution is -2.34. The van der Waals surface area contributed by atoms with E-state index in [1.807, 2.05) is 6.92 Å². The van der Waals surface area contributed by atoms with Crippen molar-refractivity contribution in [2.24, 2.45) is 5.41 Å². The monoisotopic (exact) mass is 368 g/mol. The fourth-order valence-corrected chi connectivity index (χ4v) is 7.69. The van der Waals surface area contributed by atoms with Crippen molar-refractivity contribution in [1.82, 2.24) is 0 Å². The highest BCUT2D eigenvalue weighted by atomic mass is 32.9. The van der Waals surface area contributed by atoms with Crippen LogP contribution in [0.5, 0.6) is 0 Å². The fourth-order valence-electron chi connectivity index (χ4n) is 2.11. The second-order valence-electron chi connectivity index (χ2n) is 5.90. The van der Waals surface area contributed by atoms with Crippen molar-refractivity contribution < 1.29 is 18.6 Å². The summed E-state index contributed by atoms with van der Waals surface area (Å²) in [4.78, 5) is 11.7. The first-order valence-corrected chi connectivity index (χ1v) is 12.2. The minimum atomic E-state index is -2.32. The largest absolute Gasteiger partial charge is 0.466 e. The van der Waals surface area contributed by atoms with Gasteiger partial charge >= 0.3 is 5.97 Å². The van der Waals surface area contributed by atoms with E-state index in [9.17, 15) is 4.79 Å². The Bertz CT molecular complexity index is 385. The molecule has 1 unspecified atom stereocenters. The lowest BCUT2D eigenvalue weighted by molar-refractivity contribution is -0.143. The molecule has 1 saturated heterocycles. The Labute approximate surface area is 144 Å². The second-order valence-corrected chi connectivity index (χ2v) is 12.5. The zero-order valence-corrected chi connectivity index (χ0v) is 16.7. The Hall–Kier alpha value is 0.390. The molecular weight excluding hydrogens is 339 g/mol. The third-order valence-electron chi connectivity index (χ3n) is 4.08. The first-order valence-electron chi connectivity index (χ1n) is 8.11. The van der Waals surface area contributed by atoms with Gasteiger partial charge < -0.3 is 13.8 Å². The van der Waals surface area contributed by atoms with Crippen molar-refractivity contribution in [3.8, 4) is 0 Å². The van der Waals surface area contributed by atoms with Crippen molar-refractivity contribution in [2.45, 2.75) is 65.0 Å². The molecule has 22 heavy (non-hydrogen) atoms. The van der Waals surface area contributed by atoms with Crippen LogP contribution in [0.15, 0.2) is 0 Å². The van der Waals surface area contributed by atoms with Gasteiger partial charge in [-0.3, -0.25) is 4.79 Å². The molecule has 0 spiro atoms. The molecule has 130 valence electrons. The van der Waals surface area contributed by atoms with Gasteiger partial charge in [0.1, 0.15) is 0 Å². The van der Waals surface area contributed by atoms with Crippen molar-refractivity contribution in [3.63, 3.8) is 0 Å². The molecule has 1 rings (SSSR count). The van der Waals surface area contributed by atoms with Crippen LogP contribution in [0.4, 0.5) is 0 Å².